The number of nitrogens with zero attached hydrogens (tertiary/aromatic N) is 1. The number of benzene rings is 3. The first kappa shape index (κ1) is 20.0. The molecule has 138 valence electrons. The van der Waals surface area contributed by atoms with Gasteiger partial charge in [-0.25, -0.2) is 0 Å². The van der Waals surface area contributed by atoms with Crippen LogP contribution in [-0.2, 0) is 4.79 Å². The number of carbonyl (C=O) groups excluding carboxylic acids is 1. The van der Waals surface area contributed by atoms with Crippen LogP contribution < -0.4 is 5.32 Å². The standard InChI is InChI=1S/C22H14Cl2N2OS/c23-17-7-11-19(12-8-17)28-18-9-5-15(6-10-18)13-16(14-25)22(27)26-21-4-2-1-3-20(21)24/h1-13H,(H,26,27). The minimum Gasteiger partial charge on any atom is -0.320 e. The van der Waals surface area contributed by atoms with Crippen molar-refractivity contribution < 1.29 is 4.79 Å². The maximum absolute atomic E-state index is 12.4. The van der Waals surface area contributed by atoms with Gasteiger partial charge in [-0.3, -0.25) is 4.79 Å². The van der Waals surface area contributed by atoms with E-state index < -0.39 is 5.91 Å². The molecule has 0 radical (unpaired) electrons. The van der Waals surface area contributed by atoms with Gasteiger partial charge in [-0.15, -0.1) is 0 Å². The third-order valence-corrected chi connectivity index (χ3v) is 5.32. The van der Waals surface area contributed by atoms with E-state index in [9.17, 15) is 10.1 Å². The van der Waals surface area contributed by atoms with Crippen molar-refractivity contribution in [2.75, 3.05) is 5.32 Å². The molecule has 1 amide bonds. The number of anilines is 1. The fraction of sp³-hybridized carbons (Fsp3) is 0. The molecule has 3 nitrogen and oxygen atoms in total. The van der Waals surface area contributed by atoms with Crippen molar-refractivity contribution in [3.63, 3.8) is 0 Å². The highest BCUT2D eigenvalue weighted by Crippen LogP contribution is 2.29. The zero-order valence-corrected chi connectivity index (χ0v) is 16.9. The highest BCUT2D eigenvalue weighted by atomic mass is 35.5. The third kappa shape index (κ3) is 5.40. The second kappa shape index (κ2) is 9.48. The van der Waals surface area contributed by atoms with Crippen LogP contribution in [0.1, 0.15) is 5.56 Å². The molecule has 0 atom stereocenters. The molecule has 3 rings (SSSR count). The van der Waals surface area contributed by atoms with E-state index in [1.54, 1.807) is 42.1 Å². The Morgan fingerprint density at radius 2 is 1.54 bits per heavy atom. The van der Waals surface area contributed by atoms with Crippen LogP contribution >= 0.6 is 35.0 Å². The predicted octanol–water partition coefficient (Wildman–Crippen LogP) is 6.69. The zero-order valence-electron chi connectivity index (χ0n) is 14.5. The number of nitriles is 1. The van der Waals surface area contributed by atoms with Gasteiger partial charge >= 0.3 is 0 Å². The summed E-state index contributed by atoms with van der Waals surface area (Å²) in [6.07, 6.45) is 1.54. The number of nitrogens with one attached hydrogen (secondary N) is 1. The van der Waals surface area contributed by atoms with Crippen LogP contribution in [0, 0.1) is 11.3 Å². The van der Waals surface area contributed by atoms with Crippen molar-refractivity contribution in [1.82, 2.24) is 0 Å². The lowest BCUT2D eigenvalue weighted by Gasteiger charge is -2.06. The second-order valence-corrected chi connectivity index (χ2v) is 7.72. The molecule has 0 aliphatic carbocycles. The molecule has 0 saturated heterocycles. The monoisotopic (exact) mass is 424 g/mol. The van der Waals surface area contributed by atoms with Crippen LogP contribution in [0.15, 0.2) is 88.2 Å². The third-order valence-electron chi connectivity index (χ3n) is 3.73. The van der Waals surface area contributed by atoms with Crippen LogP contribution in [0.2, 0.25) is 10.0 Å². The van der Waals surface area contributed by atoms with Gasteiger partial charge in [0.15, 0.2) is 0 Å². The average Bonchev–Trinajstić information content (AvgIpc) is 2.71. The first-order valence-electron chi connectivity index (χ1n) is 8.26. The van der Waals surface area contributed by atoms with Crippen LogP contribution in [-0.4, -0.2) is 5.91 Å². The van der Waals surface area contributed by atoms with Crippen LogP contribution in [0.4, 0.5) is 5.69 Å². The summed E-state index contributed by atoms with van der Waals surface area (Å²) in [5.41, 5.74) is 1.22. The van der Waals surface area contributed by atoms with E-state index in [1.807, 2.05) is 54.6 Å². The minimum atomic E-state index is -0.504. The normalized spacial score (nSPS) is 11.0. The van der Waals surface area contributed by atoms with E-state index in [0.717, 1.165) is 15.4 Å². The molecule has 0 unspecified atom stereocenters. The van der Waals surface area contributed by atoms with Gasteiger partial charge in [0.05, 0.1) is 10.7 Å². The fourth-order valence-electron chi connectivity index (χ4n) is 2.34. The van der Waals surface area contributed by atoms with Gasteiger partial charge in [0.25, 0.3) is 5.91 Å². The number of halogens is 2. The Morgan fingerprint density at radius 3 is 2.14 bits per heavy atom. The van der Waals surface area contributed by atoms with Crippen molar-refractivity contribution in [1.29, 1.82) is 5.26 Å². The molecule has 0 aromatic heterocycles. The largest absolute Gasteiger partial charge is 0.320 e. The van der Waals surface area contributed by atoms with Crippen LogP contribution in [0.5, 0.6) is 0 Å². The van der Waals surface area contributed by atoms with E-state index in [2.05, 4.69) is 5.32 Å². The first-order chi connectivity index (χ1) is 13.5. The molecule has 3 aromatic rings. The fourth-order valence-corrected chi connectivity index (χ4v) is 3.46. The van der Waals surface area contributed by atoms with E-state index in [-0.39, 0.29) is 5.57 Å². The Labute approximate surface area is 177 Å². The number of rotatable bonds is 5. The average molecular weight is 425 g/mol. The smallest absolute Gasteiger partial charge is 0.266 e. The predicted molar refractivity (Wildman–Crippen MR) is 116 cm³/mol. The summed E-state index contributed by atoms with van der Waals surface area (Å²) in [6, 6.07) is 24.0. The number of amides is 1. The molecule has 3 aromatic carbocycles. The van der Waals surface area contributed by atoms with E-state index in [0.29, 0.717) is 15.7 Å². The lowest BCUT2D eigenvalue weighted by molar-refractivity contribution is -0.112. The maximum Gasteiger partial charge on any atom is 0.266 e. The SMILES string of the molecule is N#CC(=Cc1ccc(Sc2ccc(Cl)cc2)cc1)C(=O)Nc1ccccc1Cl. The van der Waals surface area contributed by atoms with E-state index >= 15 is 0 Å². The Bertz CT molecular complexity index is 1060. The summed E-state index contributed by atoms with van der Waals surface area (Å²) < 4.78 is 0. The van der Waals surface area contributed by atoms with Crippen molar-refractivity contribution in [3.05, 3.63) is 94.0 Å². The van der Waals surface area contributed by atoms with Gasteiger partial charge in [-0.05, 0) is 60.2 Å². The van der Waals surface area contributed by atoms with Crippen LogP contribution in [0.25, 0.3) is 6.08 Å². The minimum absolute atomic E-state index is 0.00183. The number of carbonyl (C=O) groups is 1. The topological polar surface area (TPSA) is 52.9 Å². The van der Waals surface area contributed by atoms with Gasteiger partial charge in [-0.1, -0.05) is 59.2 Å². The summed E-state index contributed by atoms with van der Waals surface area (Å²) in [4.78, 5) is 14.5. The summed E-state index contributed by atoms with van der Waals surface area (Å²) >= 11 is 13.5. The maximum atomic E-state index is 12.4. The molecule has 0 fully saturated rings. The highest BCUT2D eigenvalue weighted by Gasteiger charge is 2.11. The Kier molecular flexibility index (Phi) is 6.78. The lowest BCUT2D eigenvalue weighted by Crippen LogP contribution is -2.13. The summed E-state index contributed by atoms with van der Waals surface area (Å²) in [6.45, 7) is 0. The van der Waals surface area contributed by atoms with Gasteiger partial charge < -0.3 is 5.32 Å². The van der Waals surface area contributed by atoms with Gasteiger partial charge in [0.1, 0.15) is 11.6 Å². The molecule has 0 aliphatic heterocycles. The van der Waals surface area contributed by atoms with Gasteiger partial charge in [-0.2, -0.15) is 5.26 Å². The summed E-state index contributed by atoms with van der Waals surface area (Å²) in [7, 11) is 0. The molecule has 0 aliphatic rings. The highest BCUT2D eigenvalue weighted by molar-refractivity contribution is 7.99. The van der Waals surface area contributed by atoms with Crippen LogP contribution in [0.3, 0.4) is 0 Å². The Morgan fingerprint density at radius 1 is 0.929 bits per heavy atom. The van der Waals surface area contributed by atoms with Crippen molar-refractivity contribution in [2.45, 2.75) is 9.79 Å². The number of hydrogen-bond acceptors (Lipinski definition) is 3. The lowest BCUT2D eigenvalue weighted by atomic mass is 10.1. The molecular weight excluding hydrogens is 411 g/mol. The van der Waals surface area contributed by atoms with Gasteiger partial charge in [0.2, 0.25) is 0 Å². The number of hydrogen-bond donors (Lipinski definition) is 1. The first-order valence-corrected chi connectivity index (χ1v) is 9.83. The molecule has 1 N–H and O–H groups in total. The van der Waals surface area contributed by atoms with Crippen molar-refractivity contribution >= 4 is 52.6 Å². The zero-order chi connectivity index (χ0) is 19.9. The molecule has 0 bridgehead atoms. The molecular formula is C22H14Cl2N2OS. The number of para-hydroxylation sites is 1. The van der Waals surface area contributed by atoms with E-state index in [4.69, 9.17) is 23.2 Å². The quantitative estimate of drug-likeness (QED) is 0.366. The molecule has 0 saturated carbocycles. The molecule has 6 heteroatoms. The molecule has 28 heavy (non-hydrogen) atoms. The summed E-state index contributed by atoms with van der Waals surface area (Å²) in [5, 5.41) is 13.1. The molecule has 0 spiro atoms. The van der Waals surface area contributed by atoms with Crippen molar-refractivity contribution in [2.24, 2.45) is 0 Å². The second-order valence-electron chi connectivity index (χ2n) is 5.73. The molecule has 0 heterocycles. The van der Waals surface area contributed by atoms with E-state index in [1.165, 1.54) is 0 Å². The van der Waals surface area contributed by atoms with Gasteiger partial charge in [0, 0.05) is 14.8 Å². The van der Waals surface area contributed by atoms with Crippen molar-refractivity contribution in [3.8, 4) is 6.07 Å². The Balaban J connectivity index is 1.72. The summed E-state index contributed by atoms with van der Waals surface area (Å²) in [5.74, 6) is -0.504. The Hall–Kier alpha value is -2.71.